The van der Waals surface area contributed by atoms with Gasteiger partial charge in [-0.25, -0.2) is 8.42 Å². The minimum absolute atomic E-state index is 0.103. The Balaban J connectivity index is 1.72. The van der Waals surface area contributed by atoms with Crippen molar-refractivity contribution in [3.63, 3.8) is 0 Å². The summed E-state index contributed by atoms with van der Waals surface area (Å²) in [4.78, 5) is 28.9. The summed E-state index contributed by atoms with van der Waals surface area (Å²) < 4.78 is 39.0. The van der Waals surface area contributed by atoms with E-state index in [9.17, 15) is 18.0 Å². The SMILES string of the molecule is CCNC(=O)[C@@H](Cc1ccccc1)N(Cc1cccc(Br)c1)C(=O)CN(c1ccc2c(c1)OCCO2)S(C)(=O)=O. The summed E-state index contributed by atoms with van der Waals surface area (Å²) in [6.07, 6.45) is 1.30. The number of ether oxygens (including phenoxy) is 2. The summed E-state index contributed by atoms with van der Waals surface area (Å²) in [6, 6.07) is 20.7. The summed E-state index contributed by atoms with van der Waals surface area (Å²) in [6.45, 7) is 2.53. The Morgan fingerprint density at radius 3 is 2.33 bits per heavy atom. The van der Waals surface area contributed by atoms with Gasteiger partial charge in [-0.2, -0.15) is 0 Å². The van der Waals surface area contributed by atoms with E-state index < -0.39 is 28.5 Å². The molecule has 1 atom stereocenters. The maximum atomic E-state index is 14.1. The zero-order valence-electron chi connectivity index (χ0n) is 22.4. The minimum atomic E-state index is -3.89. The van der Waals surface area contributed by atoms with Gasteiger partial charge in [0, 0.05) is 30.0 Å². The molecule has 11 heteroatoms. The second-order valence-electron chi connectivity index (χ2n) is 9.35. The molecule has 0 unspecified atom stereocenters. The number of nitrogens with zero attached hydrogens (tertiary/aromatic N) is 2. The molecule has 0 bridgehead atoms. The molecular formula is C29H32BrN3O6S. The molecule has 0 fully saturated rings. The van der Waals surface area contributed by atoms with E-state index in [0.29, 0.717) is 31.3 Å². The van der Waals surface area contributed by atoms with Crippen LogP contribution in [0, 0.1) is 0 Å². The van der Waals surface area contributed by atoms with Crippen LogP contribution in [0.2, 0.25) is 0 Å². The lowest BCUT2D eigenvalue weighted by molar-refractivity contribution is -0.140. The molecule has 0 radical (unpaired) electrons. The molecular weight excluding hydrogens is 598 g/mol. The molecule has 9 nitrogen and oxygen atoms in total. The number of likely N-dealkylation sites (N-methyl/N-ethyl adjacent to an activating group) is 1. The standard InChI is InChI=1S/C29H32BrN3O6S/c1-3-31-29(35)25(17-21-8-5-4-6-9-21)32(19-22-10-7-11-23(30)16-22)28(34)20-33(40(2,36)37)24-12-13-26-27(18-24)39-15-14-38-26/h4-13,16,18,25H,3,14-15,17,19-20H2,1-2H3,(H,31,35)/t25-/m1/s1. The first-order chi connectivity index (χ1) is 19.2. The number of rotatable bonds is 11. The molecule has 212 valence electrons. The number of anilines is 1. The molecule has 1 N–H and O–H groups in total. The third kappa shape index (κ3) is 7.54. The molecule has 1 heterocycles. The van der Waals surface area contributed by atoms with Crippen LogP contribution in [-0.2, 0) is 32.6 Å². The molecule has 0 saturated carbocycles. The van der Waals surface area contributed by atoms with Crippen LogP contribution < -0.4 is 19.1 Å². The van der Waals surface area contributed by atoms with Crippen molar-refractivity contribution in [2.75, 3.05) is 36.9 Å². The number of carbonyl (C=O) groups excluding carboxylic acids is 2. The molecule has 2 amide bonds. The largest absolute Gasteiger partial charge is 0.486 e. The van der Waals surface area contributed by atoms with Gasteiger partial charge in [-0.05, 0) is 42.3 Å². The second-order valence-corrected chi connectivity index (χ2v) is 12.2. The van der Waals surface area contributed by atoms with E-state index in [2.05, 4.69) is 21.2 Å². The number of sulfonamides is 1. The molecule has 40 heavy (non-hydrogen) atoms. The van der Waals surface area contributed by atoms with Crippen LogP contribution in [0.3, 0.4) is 0 Å². The van der Waals surface area contributed by atoms with Crippen LogP contribution in [0.5, 0.6) is 11.5 Å². The van der Waals surface area contributed by atoms with Crippen molar-refractivity contribution in [3.8, 4) is 11.5 Å². The first-order valence-corrected chi connectivity index (χ1v) is 15.5. The number of halogens is 1. The fraction of sp³-hybridized carbons (Fsp3) is 0.310. The van der Waals surface area contributed by atoms with Crippen LogP contribution in [0.25, 0.3) is 0 Å². The first kappa shape index (κ1) is 29.4. The Bertz CT molecular complexity index is 1450. The average molecular weight is 631 g/mol. The van der Waals surface area contributed by atoms with Gasteiger partial charge in [0.05, 0.1) is 11.9 Å². The van der Waals surface area contributed by atoms with E-state index in [4.69, 9.17) is 9.47 Å². The van der Waals surface area contributed by atoms with Gasteiger partial charge in [0.2, 0.25) is 21.8 Å². The Morgan fingerprint density at radius 2 is 1.65 bits per heavy atom. The third-order valence-electron chi connectivity index (χ3n) is 6.36. The lowest BCUT2D eigenvalue weighted by Gasteiger charge is -2.33. The van der Waals surface area contributed by atoms with E-state index in [-0.39, 0.29) is 24.6 Å². The molecule has 3 aromatic rings. The maximum Gasteiger partial charge on any atom is 0.244 e. The Labute approximate surface area is 243 Å². The molecule has 4 rings (SSSR count). The van der Waals surface area contributed by atoms with Gasteiger partial charge >= 0.3 is 0 Å². The first-order valence-electron chi connectivity index (χ1n) is 12.9. The monoisotopic (exact) mass is 629 g/mol. The van der Waals surface area contributed by atoms with Crippen LogP contribution in [0.1, 0.15) is 18.1 Å². The van der Waals surface area contributed by atoms with Crippen LogP contribution in [0.15, 0.2) is 77.3 Å². The molecule has 0 aromatic heterocycles. The van der Waals surface area contributed by atoms with Crippen molar-refractivity contribution in [2.45, 2.75) is 25.9 Å². The fourth-order valence-corrected chi connectivity index (χ4v) is 5.77. The number of nitrogens with one attached hydrogen (secondary N) is 1. The molecule has 0 spiro atoms. The van der Waals surface area contributed by atoms with Crippen molar-refractivity contribution in [1.82, 2.24) is 10.2 Å². The number of benzene rings is 3. The van der Waals surface area contributed by atoms with Gasteiger partial charge in [-0.15, -0.1) is 0 Å². The third-order valence-corrected chi connectivity index (χ3v) is 7.99. The Morgan fingerprint density at radius 1 is 0.950 bits per heavy atom. The highest BCUT2D eigenvalue weighted by Gasteiger charge is 2.33. The van der Waals surface area contributed by atoms with Gasteiger partial charge in [-0.1, -0.05) is 58.4 Å². The molecule has 1 aliphatic rings. The normalized spacial score (nSPS) is 13.3. The average Bonchev–Trinajstić information content (AvgIpc) is 2.93. The molecule has 1 aliphatic heterocycles. The van der Waals surface area contributed by atoms with E-state index in [1.54, 1.807) is 18.2 Å². The van der Waals surface area contributed by atoms with Crippen molar-refractivity contribution < 1.29 is 27.5 Å². The van der Waals surface area contributed by atoms with E-state index in [1.807, 2.05) is 61.5 Å². The zero-order chi connectivity index (χ0) is 28.7. The number of fused-ring (bicyclic) bond motifs is 1. The van der Waals surface area contributed by atoms with E-state index in [0.717, 1.165) is 26.2 Å². The predicted octanol–water partition coefficient (Wildman–Crippen LogP) is 3.76. The van der Waals surface area contributed by atoms with Crippen molar-refractivity contribution >= 4 is 43.5 Å². The van der Waals surface area contributed by atoms with Crippen LogP contribution >= 0.6 is 15.9 Å². The quantitative estimate of drug-likeness (QED) is 0.346. The Hall–Kier alpha value is -3.57. The second kappa shape index (κ2) is 13.2. The van der Waals surface area contributed by atoms with Gasteiger partial charge in [0.15, 0.2) is 11.5 Å². The minimum Gasteiger partial charge on any atom is -0.486 e. The lowest BCUT2D eigenvalue weighted by atomic mass is 10.0. The van der Waals surface area contributed by atoms with Gasteiger partial charge < -0.3 is 19.7 Å². The van der Waals surface area contributed by atoms with Gasteiger partial charge in [0.25, 0.3) is 0 Å². The molecule has 0 aliphatic carbocycles. The zero-order valence-corrected chi connectivity index (χ0v) is 24.8. The summed E-state index contributed by atoms with van der Waals surface area (Å²) >= 11 is 3.47. The maximum absolute atomic E-state index is 14.1. The van der Waals surface area contributed by atoms with Gasteiger partial charge in [-0.3, -0.25) is 13.9 Å². The summed E-state index contributed by atoms with van der Waals surface area (Å²) in [5.41, 5.74) is 1.92. The number of carbonyl (C=O) groups is 2. The predicted molar refractivity (Wildman–Crippen MR) is 157 cm³/mol. The van der Waals surface area contributed by atoms with Crippen LogP contribution in [0.4, 0.5) is 5.69 Å². The van der Waals surface area contributed by atoms with Gasteiger partial charge in [0.1, 0.15) is 25.8 Å². The lowest BCUT2D eigenvalue weighted by Crippen LogP contribution is -2.53. The molecule has 3 aromatic carbocycles. The van der Waals surface area contributed by atoms with Crippen molar-refractivity contribution in [2.24, 2.45) is 0 Å². The highest BCUT2D eigenvalue weighted by atomic mass is 79.9. The number of hydrogen-bond acceptors (Lipinski definition) is 6. The summed E-state index contributed by atoms with van der Waals surface area (Å²) in [7, 11) is -3.89. The number of hydrogen-bond donors (Lipinski definition) is 1. The van der Waals surface area contributed by atoms with Crippen LogP contribution in [-0.4, -0.2) is 63.7 Å². The number of amides is 2. The van der Waals surface area contributed by atoms with Crippen molar-refractivity contribution in [3.05, 3.63) is 88.4 Å². The summed E-state index contributed by atoms with van der Waals surface area (Å²) in [5.74, 6) is 0.0674. The Kier molecular flexibility index (Phi) is 9.70. The van der Waals surface area contributed by atoms with Crippen molar-refractivity contribution in [1.29, 1.82) is 0 Å². The fourth-order valence-electron chi connectivity index (χ4n) is 4.48. The summed E-state index contributed by atoms with van der Waals surface area (Å²) in [5, 5.41) is 2.84. The highest BCUT2D eigenvalue weighted by Crippen LogP contribution is 2.34. The van der Waals surface area contributed by atoms with E-state index >= 15 is 0 Å². The molecule has 0 saturated heterocycles. The topological polar surface area (TPSA) is 105 Å². The smallest absolute Gasteiger partial charge is 0.244 e. The highest BCUT2D eigenvalue weighted by molar-refractivity contribution is 9.10. The van der Waals surface area contributed by atoms with E-state index in [1.165, 1.54) is 4.90 Å².